The van der Waals surface area contributed by atoms with Crippen molar-refractivity contribution in [2.45, 2.75) is 26.8 Å². The fraction of sp³-hybridized carbons (Fsp3) is 0.857. The van der Waals surface area contributed by atoms with Crippen molar-refractivity contribution in [3.8, 4) is 0 Å². The molecule has 0 saturated carbocycles. The summed E-state index contributed by atoms with van der Waals surface area (Å²) < 4.78 is 0. The molecule has 1 atom stereocenters. The van der Waals surface area contributed by atoms with Crippen molar-refractivity contribution in [1.29, 1.82) is 0 Å². The number of hydrogen-bond acceptors (Lipinski definition) is 3. The van der Waals surface area contributed by atoms with Gasteiger partial charge >= 0.3 is 0 Å². The van der Waals surface area contributed by atoms with Gasteiger partial charge in [-0.25, -0.2) is 0 Å². The van der Waals surface area contributed by atoms with Crippen LogP contribution in [0, 0.1) is 5.92 Å². The van der Waals surface area contributed by atoms with E-state index in [9.17, 15) is 0 Å². The van der Waals surface area contributed by atoms with Crippen LogP contribution in [0.25, 0.3) is 0 Å². The molecule has 0 fully saturated rings. The molecular weight excluding hydrogens is 128 g/mol. The molecule has 0 amide bonds. The van der Waals surface area contributed by atoms with Crippen molar-refractivity contribution >= 4 is 6.21 Å². The maximum absolute atomic E-state index is 5.63. The molecule has 0 radical (unpaired) electrons. The van der Waals surface area contributed by atoms with E-state index in [1.54, 1.807) is 6.21 Å². The maximum atomic E-state index is 5.63. The van der Waals surface area contributed by atoms with Crippen LogP contribution in [0.3, 0.4) is 0 Å². The number of hydrogen-bond donors (Lipinski definition) is 1. The van der Waals surface area contributed by atoms with Crippen LogP contribution in [0.1, 0.15) is 20.8 Å². The quantitative estimate of drug-likeness (QED) is 0.472. The third-order valence-corrected chi connectivity index (χ3v) is 1.21. The van der Waals surface area contributed by atoms with Crippen LogP contribution in [0.2, 0.25) is 0 Å². The van der Waals surface area contributed by atoms with Crippen LogP contribution in [0.15, 0.2) is 5.16 Å². The Balaban J connectivity index is 3.45. The Labute approximate surface area is 62.2 Å². The highest BCUT2D eigenvalue weighted by Crippen LogP contribution is 1.94. The van der Waals surface area contributed by atoms with Gasteiger partial charge < -0.3 is 10.6 Å². The van der Waals surface area contributed by atoms with Gasteiger partial charge in [-0.1, -0.05) is 19.0 Å². The molecule has 3 nitrogen and oxygen atoms in total. The van der Waals surface area contributed by atoms with E-state index in [1.165, 1.54) is 0 Å². The molecule has 0 aromatic carbocycles. The highest BCUT2D eigenvalue weighted by molar-refractivity contribution is 5.63. The third kappa shape index (κ3) is 4.32. The van der Waals surface area contributed by atoms with E-state index in [2.05, 4.69) is 5.16 Å². The molecule has 0 aliphatic heterocycles. The van der Waals surface area contributed by atoms with Gasteiger partial charge in [0.15, 0.2) is 0 Å². The van der Waals surface area contributed by atoms with E-state index in [0.717, 1.165) is 0 Å². The summed E-state index contributed by atoms with van der Waals surface area (Å²) in [5.74, 6) is 0.421. The van der Waals surface area contributed by atoms with Gasteiger partial charge in [0.05, 0.1) is 6.21 Å². The summed E-state index contributed by atoms with van der Waals surface area (Å²) in [5.41, 5.74) is 5.63. The Kier molecular flexibility index (Phi) is 4.94. The lowest BCUT2D eigenvalue weighted by Gasteiger charge is -2.07. The zero-order chi connectivity index (χ0) is 7.98. The first-order valence-electron chi connectivity index (χ1n) is 3.59. The SMILES string of the molecule is CCON=CC(N)C(C)C. The highest BCUT2D eigenvalue weighted by atomic mass is 16.6. The lowest BCUT2D eigenvalue weighted by atomic mass is 10.1. The minimum absolute atomic E-state index is 0.00606. The summed E-state index contributed by atoms with van der Waals surface area (Å²) in [6, 6.07) is 0.00606. The van der Waals surface area contributed by atoms with Gasteiger partial charge in [-0.05, 0) is 12.8 Å². The molecular formula is C7H16N2O. The molecule has 0 aromatic rings. The van der Waals surface area contributed by atoms with Gasteiger partial charge in [-0.3, -0.25) is 0 Å². The minimum atomic E-state index is 0.00606. The normalized spacial score (nSPS) is 14.5. The smallest absolute Gasteiger partial charge is 0.114 e. The highest BCUT2D eigenvalue weighted by Gasteiger charge is 2.02. The summed E-state index contributed by atoms with van der Waals surface area (Å²) in [5, 5.41) is 3.66. The molecule has 0 spiro atoms. The van der Waals surface area contributed by atoms with E-state index in [1.807, 2.05) is 20.8 Å². The average Bonchev–Trinajstić information content (AvgIpc) is 1.88. The molecule has 0 aliphatic carbocycles. The van der Waals surface area contributed by atoms with Crippen molar-refractivity contribution in [1.82, 2.24) is 0 Å². The molecule has 0 rings (SSSR count). The lowest BCUT2D eigenvalue weighted by molar-refractivity contribution is 0.159. The molecule has 0 heterocycles. The van der Waals surface area contributed by atoms with Crippen LogP contribution < -0.4 is 5.73 Å². The second-order valence-electron chi connectivity index (χ2n) is 2.49. The van der Waals surface area contributed by atoms with Crippen LogP contribution in [0.4, 0.5) is 0 Å². The molecule has 0 bridgehead atoms. The van der Waals surface area contributed by atoms with Gasteiger partial charge in [0.1, 0.15) is 6.61 Å². The largest absolute Gasteiger partial charge is 0.396 e. The summed E-state index contributed by atoms with van der Waals surface area (Å²) in [6.45, 7) is 6.57. The van der Waals surface area contributed by atoms with E-state index in [-0.39, 0.29) is 6.04 Å². The van der Waals surface area contributed by atoms with Crippen molar-refractivity contribution in [2.75, 3.05) is 6.61 Å². The third-order valence-electron chi connectivity index (χ3n) is 1.21. The molecule has 60 valence electrons. The summed E-state index contributed by atoms with van der Waals surface area (Å²) in [6.07, 6.45) is 1.63. The predicted octanol–water partition coefficient (Wildman–Crippen LogP) is 0.992. The Morgan fingerprint density at radius 1 is 1.60 bits per heavy atom. The van der Waals surface area contributed by atoms with Crippen LogP contribution in [-0.2, 0) is 4.84 Å². The van der Waals surface area contributed by atoms with E-state index >= 15 is 0 Å². The van der Waals surface area contributed by atoms with Crippen LogP contribution in [-0.4, -0.2) is 18.9 Å². The minimum Gasteiger partial charge on any atom is -0.396 e. The standard InChI is InChI=1S/C7H16N2O/c1-4-10-9-5-7(8)6(2)3/h5-7H,4,8H2,1-3H3. The van der Waals surface area contributed by atoms with Gasteiger partial charge in [-0.15, -0.1) is 0 Å². The Morgan fingerprint density at radius 2 is 2.20 bits per heavy atom. The first kappa shape index (κ1) is 9.43. The van der Waals surface area contributed by atoms with Gasteiger partial charge in [0.2, 0.25) is 0 Å². The Bertz CT molecular complexity index is 102. The molecule has 0 aromatic heterocycles. The van der Waals surface area contributed by atoms with Crippen LogP contribution in [0.5, 0.6) is 0 Å². The molecule has 1 unspecified atom stereocenters. The molecule has 3 heteroatoms. The fourth-order valence-electron chi connectivity index (χ4n) is 0.360. The molecule has 0 aliphatic rings. The van der Waals surface area contributed by atoms with E-state index in [0.29, 0.717) is 12.5 Å². The van der Waals surface area contributed by atoms with Gasteiger partial charge in [-0.2, -0.15) is 0 Å². The monoisotopic (exact) mass is 144 g/mol. The van der Waals surface area contributed by atoms with Gasteiger partial charge in [0, 0.05) is 6.04 Å². The Hall–Kier alpha value is -0.570. The average molecular weight is 144 g/mol. The van der Waals surface area contributed by atoms with E-state index < -0.39 is 0 Å². The van der Waals surface area contributed by atoms with E-state index in [4.69, 9.17) is 10.6 Å². The fourth-order valence-corrected chi connectivity index (χ4v) is 0.360. The number of nitrogens with two attached hydrogens (primary N) is 1. The molecule has 10 heavy (non-hydrogen) atoms. The van der Waals surface area contributed by atoms with Gasteiger partial charge in [0.25, 0.3) is 0 Å². The number of nitrogens with zero attached hydrogens (tertiary/aromatic N) is 1. The first-order valence-corrected chi connectivity index (χ1v) is 3.59. The summed E-state index contributed by atoms with van der Waals surface area (Å²) in [7, 11) is 0. The molecule has 2 N–H and O–H groups in total. The topological polar surface area (TPSA) is 47.6 Å². The van der Waals surface area contributed by atoms with Crippen LogP contribution >= 0.6 is 0 Å². The predicted molar refractivity (Wildman–Crippen MR) is 42.9 cm³/mol. The Morgan fingerprint density at radius 3 is 2.60 bits per heavy atom. The second-order valence-corrected chi connectivity index (χ2v) is 2.49. The summed E-state index contributed by atoms with van der Waals surface area (Å²) in [4.78, 5) is 4.74. The van der Waals surface area contributed by atoms with Crippen molar-refractivity contribution in [3.63, 3.8) is 0 Å². The van der Waals surface area contributed by atoms with Crippen molar-refractivity contribution in [2.24, 2.45) is 16.8 Å². The zero-order valence-corrected chi connectivity index (χ0v) is 6.87. The lowest BCUT2D eigenvalue weighted by Crippen LogP contribution is -2.27. The summed E-state index contributed by atoms with van der Waals surface area (Å²) >= 11 is 0. The zero-order valence-electron chi connectivity index (χ0n) is 6.87. The second kappa shape index (κ2) is 5.23. The maximum Gasteiger partial charge on any atom is 0.114 e. The van der Waals surface area contributed by atoms with Crippen molar-refractivity contribution in [3.05, 3.63) is 0 Å². The first-order chi connectivity index (χ1) is 4.68. The molecule has 0 saturated heterocycles. The number of oxime groups is 1. The van der Waals surface area contributed by atoms with Crippen molar-refractivity contribution < 1.29 is 4.84 Å². The number of rotatable bonds is 4.